The van der Waals surface area contributed by atoms with E-state index in [0.717, 1.165) is 24.0 Å². The van der Waals surface area contributed by atoms with E-state index in [1.807, 2.05) is 67.6 Å². The molecule has 6 N–H and O–H groups in total. The number of hydrogen-bond donors (Lipinski definition) is 4. The van der Waals surface area contributed by atoms with Gasteiger partial charge in [-0.25, -0.2) is 10.1 Å². The maximum atomic E-state index is 14.3. The molecule has 17 heteroatoms. The molecule has 17 nitrogen and oxygen atoms in total. The van der Waals surface area contributed by atoms with Crippen molar-refractivity contribution in [3.05, 3.63) is 81.9 Å². The quantitative estimate of drug-likeness (QED) is 0.0316. The Morgan fingerprint density at radius 3 is 2.17 bits per heavy atom. The highest BCUT2D eigenvalue weighted by Gasteiger charge is 2.44. The van der Waals surface area contributed by atoms with Crippen LogP contribution >= 0.6 is 0 Å². The van der Waals surface area contributed by atoms with Crippen LogP contribution in [-0.4, -0.2) is 100 Å². The summed E-state index contributed by atoms with van der Waals surface area (Å²) in [5, 5.41) is 18.2. The summed E-state index contributed by atoms with van der Waals surface area (Å²) in [6.07, 6.45) is 4.48. The minimum Gasteiger partial charge on any atom is -0.461 e. The zero-order chi connectivity index (χ0) is 42.7. The Bertz CT molecular complexity index is 1730. The molecule has 2 aliphatic rings. The number of carbonyl (C=O) groups excluding carboxylic acids is 5. The van der Waals surface area contributed by atoms with E-state index in [4.69, 9.17) is 20.9 Å². The third kappa shape index (κ3) is 14.4. The Morgan fingerprint density at radius 1 is 0.898 bits per heavy atom. The second kappa shape index (κ2) is 23.9. The Hall–Kier alpha value is -5.42. The number of esters is 1. The number of amides is 3. The number of likely N-dealkylation sites (tertiary alicyclic amines) is 2. The van der Waals surface area contributed by atoms with E-state index >= 15 is 0 Å². The van der Waals surface area contributed by atoms with E-state index in [1.165, 1.54) is 9.80 Å². The monoisotopic (exact) mass is 820 g/mol. The summed E-state index contributed by atoms with van der Waals surface area (Å²) >= 11 is 0. The number of carbonyl (C=O) groups is 5. The number of hydrogen-bond acceptors (Lipinski definition) is 10. The summed E-state index contributed by atoms with van der Waals surface area (Å²) in [7, 11) is 0. The van der Waals surface area contributed by atoms with Crippen LogP contribution in [0.4, 0.5) is 0 Å². The van der Waals surface area contributed by atoms with Crippen LogP contribution in [0.25, 0.3) is 0 Å². The van der Waals surface area contributed by atoms with E-state index in [2.05, 4.69) is 15.7 Å². The van der Waals surface area contributed by atoms with Gasteiger partial charge in [0.1, 0.15) is 29.8 Å². The molecule has 3 amide bonds. The number of unbranched alkanes of at least 4 members (excludes halogenated alkanes) is 2. The van der Waals surface area contributed by atoms with Crippen LogP contribution in [0.3, 0.4) is 0 Å². The number of Topliss-reactive ketones (excluding diaryl/α,β-unsaturated/α-hetero) is 1. The van der Waals surface area contributed by atoms with Crippen molar-refractivity contribution < 1.29 is 38.5 Å². The van der Waals surface area contributed by atoms with Crippen LogP contribution in [0.5, 0.6) is 0 Å². The highest BCUT2D eigenvalue weighted by Crippen LogP contribution is 2.28. The summed E-state index contributed by atoms with van der Waals surface area (Å²) < 4.78 is 11.5. The van der Waals surface area contributed by atoms with E-state index < -0.39 is 53.1 Å². The number of nitrogens with zero attached hydrogens (tertiary/aromatic N) is 4. The van der Waals surface area contributed by atoms with Crippen molar-refractivity contribution in [2.24, 2.45) is 22.5 Å². The van der Waals surface area contributed by atoms with Crippen LogP contribution < -0.4 is 22.1 Å². The Kier molecular flexibility index (Phi) is 18.7. The fraction of sp³-hybridized carbons (Fsp3) is 0.571. The fourth-order valence-electron chi connectivity index (χ4n) is 7.50. The van der Waals surface area contributed by atoms with E-state index in [-0.39, 0.29) is 56.2 Å². The van der Waals surface area contributed by atoms with Gasteiger partial charge in [-0.1, -0.05) is 86.8 Å². The summed E-state index contributed by atoms with van der Waals surface area (Å²) in [6.45, 7) is 4.85. The van der Waals surface area contributed by atoms with Gasteiger partial charge in [-0.3, -0.25) is 24.0 Å². The van der Waals surface area contributed by atoms with Crippen molar-refractivity contribution in [1.82, 2.24) is 20.4 Å². The smallest absolute Gasteiger partial charge is 0.309 e. The minimum atomic E-state index is -1.04. The van der Waals surface area contributed by atoms with Gasteiger partial charge in [-0.05, 0) is 63.0 Å². The van der Waals surface area contributed by atoms with Crippen LogP contribution in [0, 0.1) is 16.0 Å². The molecule has 322 valence electrons. The third-order valence-electron chi connectivity index (χ3n) is 10.8. The van der Waals surface area contributed by atoms with Crippen LogP contribution in [0.1, 0.15) is 95.6 Å². The van der Waals surface area contributed by atoms with Gasteiger partial charge in [-0.15, -0.1) is 0 Å². The molecule has 2 fully saturated rings. The summed E-state index contributed by atoms with van der Waals surface area (Å²) in [5.74, 6) is -3.33. The van der Waals surface area contributed by atoms with E-state index in [9.17, 15) is 34.1 Å². The van der Waals surface area contributed by atoms with Gasteiger partial charge in [-0.2, -0.15) is 0 Å². The van der Waals surface area contributed by atoms with E-state index in [1.54, 1.807) is 6.92 Å². The topological polar surface area (TPSA) is 242 Å². The number of rotatable bonds is 23. The molecule has 59 heavy (non-hydrogen) atoms. The number of benzene rings is 2. The van der Waals surface area contributed by atoms with Crippen LogP contribution in [-0.2, 0) is 46.7 Å². The Labute approximate surface area is 345 Å². The molecule has 0 saturated carbocycles. The average molecular weight is 821 g/mol. The minimum absolute atomic E-state index is 0.0114. The van der Waals surface area contributed by atoms with Gasteiger partial charge in [0.2, 0.25) is 17.7 Å². The van der Waals surface area contributed by atoms with Crippen molar-refractivity contribution >= 4 is 35.4 Å². The third-order valence-corrected chi connectivity index (χ3v) is 10.8. The fourth-order valence-corrected chi connectivity index (χ4v) is 7.50. The lowest BCUT2D eigenvalue weighted by molar-refractivity contribution is -0.485. The largest absolute Gasteiger partial charge is 0.461 e. The van der Waals surface area contributed by atoms with Gasteiger partial charge in [0.05, 0.1) is 24.7 Å². The first-order chi connectivity index (χ1) is 28.4. The molecule has 0 radical (unpaired) electrons. The molecule has 4 rings (SSSR count). The molecule has 2 heterocycles. The standard InChI is InChI=1S/C42H60N8O9/c1-3-4-7-20-33(46-38(52)37(43)29(2)58-27-30-15-8-5-9-16-30)39(53)49-25-14-22-35(49)40(54)48-24-13-21-34(48)36(51)26-32(19-12-23-45-42(44)47-50(56)57)41(55)59-28-31-17-10-6-11-18-31/h5-6,8-11,15-18,29,32-35,37H,3-4,7,12-14,19-28,43H2,1-2H3,(H,46,52)(H3,44,45,47). The number of nitro groups is 1. The molecule has 0 spiro atoms. The molecule has 2 aromatic rings. The molecular weight excluding hydrogens is 761 g/mol. The SMILES string of the molecule is CCCCCC(NC(=O)C(N)C(C)OCc1ccccc1)C(=O)N1CCCC1C(=O)N1CCCC1C(=O)CC(CCCN/C(N)=N\[N+](=O)[O-])C(=O)OCc1ccccc1. The number of guanidine groups is 1. The number of hydrazone groups is 1. The van der Waals surface area contributed by atoms with Crippen molar-refractivity contribution in [1.29, 1.82) is 0 Å². The van der Waals surface area contributed by atoms with Crippen LogP contribution in [0.15, 0.2) is 65.8 Å². The molecule has 0 aliphatic carbocycles. The lowest BCUT2D eigenvalue weighted by Crippen LogP contribution is -2.58. The molecule has 6 unspecified atom stereocenters. The van der Waals surface area contributed by atoms with Crippen molar-refractivity contribution in [2.45, 2.75) is 128 Å². The number of ketones is 1. The Morgan fingerprint density at radius 2 is 1.53 bits per heavy atom. The van der Waals surface area contributed by atoms with Gasteiger partial charge in [0.25, 0.3) is 5.96 Å². The maximum Gasteiger partial charge on any atom is 0.309 e. The summed E-state index contributed by atoms with van der Waals surface area (Å²) in [4.78, 5) is 83.0. The van der Waals surface area contributed by atoms with Gasteiger partial charge in [0.15, 0.2) is 10.8 Å². The first kappa shape index (κ1) is 46.3. The zero-order valence-electron chi connectivity index (χ0n) is 34.2. The second-order valence-corrected chi connectivity index (χ2v) is 15.2. The molecule has 2 aliphatic heterocycles. The first-order valence-electron chi connectivity index (χ1n) is 20.7. The number of nitrogens with two attached hydrogens (primary N) is 2. The first-order valence-corrected chi connectivity index (χ1v) is 20.7. The second-order valence-electron chi connectivity index (χ2n) is 15.2. The zero-order valence-corrected chi connectivity index (χ0v) is 34.2. The molecule has 0 aromatic heterocycles. The summed E-state index contributed by atoms with van der Waals surface area (Å²) in [6, 6.07) is 15.1. The molecule has 6 atom stereocenters. The predicted molar refractivity (Wildman–Crippen MR) is 219 cm³/mol. The molecule has 2 saturated heterocycles. The highest BCUT2D eigenvalue weighted by molar-refractivity contribution is 5.96. The van der Waals surface area contributed by atoms with Crippen molar-refractivity contribution in [3.8, 4) is 0 Å². The van der Waals surface area contributed by atoms with Crippen LogP contribution in [0.2, 0.25) is 0 Å². The normalized spacial score (nSPS) is 18.7. The average Bonchev–Trinajstić information content (AvgIpc) is 3.94. The van der Waals surface area contributed by atoms with Gasteiger partial charge in [0, 0.05) is 26.1 Å². The molecule has 2 aromatic carbocycles. The maximum absolute atomic E-state index is 14.3. The number of ether oxygens (including phenoxy) is 2. The summed E-state index contributed by atoms with van der Waals surface area (Å²) in [5.41, 5.74) is 13.6. The van der Waals surface area contributed by atoms with E-state index in [0.29, 0.717) is 58.0 Å². The van der Waals surface area contributed by atoms with Crippen molar-refractivity contribution in [3.63, 3.8) is 0 Å². The molecule has 0 bridgehead atoms. The van der Waals surface area contributed by atoms with Gasteiger partial charge >= 0.3 is 5.97 Å². The Balaban J connectivity index is 1.41. The van der Waals surface area contributed by atoms with Gasteiger partial charge < -0.3 is 41.4 Å². The highest BCUT2D eigenvalue weighted by atomic mass is 16.7. The predicted octanol–water partition coefficient (Wildman–Crippen LogP) is 3.16. The van der Waals surface area contributed by atoms with Crippen molar-refractivity contribution in [2.75, 3.05) is 19.6 Å². The number of nitrogens with one attached hydrogen (secondary N) is 2. The lowest BCUT2D eigenvalue weighted by Gasteiger charge is -2.33. The molecular formula is C42H60N8O9. The lowest BCUT2D eigenvalue weighted by atomic mass is 9.93.